The van der Waals surface area contributed by atoms with Gasteiger partial charge in [0.2, 0.25) is 0 Å². The number of rotatable bonds is 3. The molecule has 0 N–H and O–H groups in total. The van der Waals surface area contributed by atoms with Gasteiger partial charge in [-0.15, -0.1) is 0 Å². The largest absolute Gasteiger partial charge is 0.212 e. The highest BCUT2D eigenvalue weighted by Gasteiger charge is 2.17. The second-order valence-corrected chi connectivity index (χ2v) is 4.41. The van der Waals surface area contributed by atoms with E-state index < -0.39 is 0 Å². The van der Waals surface area contributed by atoms with Gasteiger partial charge in [0, 0.05) is 0 Å². The minimum Gasteiger partial charge on any atom is -0.212 e. The topological polar surface area (TPSA) is 0 Å². The van der Waals surface area contributed by atoms with Crippen molar-refractivity contribution in [3.8, 4) is 0 Å². The maximum Gasteiger partial charge on any atom is 0.0971 e. The van der Waals surface area contributed by atoms with Crippen LogP contribution in [0.2, 0.25) is 0 Å². The highest BCUT2D eigenvalue weighted by atomic mass is 19.1. The molecule has 0 spiro atoms. The molecule has 0 atom stereocenters. The molecule has 0 radical (unpaired) electrons. The Hall–Kier alpha value is -0.850. The Morgan fingerprint density at radius 3 is 2.27 bits per heavy atom. The molecule has 0 saturated heterocycles. The standard InChI is InChI=1S/C14H21F/c1-4-14(11(2)10-12(3)15)13-8-6-5-7-9-13/h4,10,13H,1,5-9H2,2-3H3/b12-10+,14-11-. The molecule has 0 unspecified atom stereocenters. The predicted molar refractivity (Wildman–Crippen MR) is 64.3 cm³/mol. The minimum absolute atomic E-state index is 0.123. The van der Waals surface area contributed by atoms with Crippen molar-refractivity contribution in [1.29, 1.82) is 0 Å². The summed E-state index contributed by atoms with van der Waals surface area (Å²) in [6, 6.07) is 0. The molecule has 0 aromatic carbocycles. The lowest BCUT2D eigenvalue weighted by atomic mass is 9.82. The minimum atomic E-state index is -0.123. The van der Waals surface area contributed by atoms with Gasteiger partial charge >= 0.3 is 0 Å². The molecule has 0 aromatic rings. The van der Waals surface area contributed by atoms with Gasteiger partial charge in [-0.2, -0.15) is 0 Å². The zero-order chi connectivity index (χ0) is 11.3. The van der Waals surface area contributed by atoms with Crippen LogP contribution in [0.1, 0.15) is 46.0 Å². The lowest BCUT2D eigenvalue weighted by molar-refractivity contribution is 0.407. The molecule has 0 amide bonds. The van der Waals surface area contributed by atoms with Crippen molar-refractivity contribution in [3.05, 3.63) is 35.7 Å². The summed E-state index contributed by atoms with van der Waals surface area (Å²) in [5, 5.41) is 0. The molecule has 0 bridgehead atoms. The Morgan fingerprint density at radius 1 is 1.20 bits per heavy atom. The summed E-state index contributed by atoms with van der Waals surface area (Å²) in [7, 11) is 0. The lowest BCUT2D eigenvalue weighted by Gasteiger charge is -2.24. The van der Waals surface area contributed by atoms with Crippen molar-refractivity contribution in [2.75, 3.05) is 0 Å². The fourth-order valence-electron chi connectivity index (χ4n) is 2.44. The van der Waals surface area contributed by atoms with E-state index in [0.29, 0.717) is 5.92 Å². The third-order valence-electron chi connectivity index (χ3n) is 3.14. The van der Waals surface area contributed by atoms with E-state index in [2.05, 4.69) is 6.58 Å². The molecule has 0 nitrogen and oxygen atoms in total. The van der Waals surface area contributed by atoms with Gasteiger partial charge < -0.3 is 0 Å². The third-order valence-corrected chi connectivity index (χ3v) is 3.14. The first-order chi connectivity index (χ1) is 7.15. The van der Waals surface area contributed by atoms with Crippen LogP contribution in [0.5, 0.6) is 0 Å². The van der Waals surface area contributed by atoms with Gasteiger partial charge in [-0.1, -0.05) is 31.9 Å². The second kappa shape index (κ2) is 5.89. The van der Waals surface area contributed by atoms with E-state index in [4.69, 9.17) is 0 Å². The molecule has 1 fully saturated rings. The van der Waals surface area contributed by atoms with Gasteiger partial charge in [0.25, 0.3) is 0 Å². The van der Waals surface area contributed by atoms with Crippen molar-refractivity contribution < 1.29 is 4.39 Å². The van der Waals surface area contributed by atoms with E-state index in [-0.39, 0.29) is 5.83 Å². The predicted octanol–water partition coefficient (Wildman–Crippen LogP) is 4.94. The normalized spacial score (nSPS) is 21.1. The maximum atomic E-state index is 12.8. The lowest BCUT2D eigenvalue weighted by Crippen LogP contribution is -2.09. The number of allylic oxidation sites excluding steroid dienone is 5. The Bertz CT molecular complexity index is 274. The second-order valence-electron chi connectivity index (χ2n) is 4.41. The monoisotopic (exact) mass is 208 g/mol. The van der Waals surface area contributed by atoms with Crippen LogP contribution in [0.4, 0.5) is 4.39 Å². The van der Waals surface area contributed by atoms with Crippen LogP contribution in [0.3, 0.4) is 0 Å². The quantitative estimate of drug-likeness (QED) is 0.576. The van der Waals surface area contributed by atoms with E-state index in [0.717, 1.165) is 5.57 Å². The van der Waals surface area contributed by atoms with Crippen molar-refractivity contribution in [3.63, 3.8) is 0 Å². The van der Waals surface area contributed by atoms with Crippen molar-refractivity contribution >= 4 is 0 Å². The first kappa shape index (κ1) is 12.2. The fraction of sp³-hybridized carbons (Fsp3) is 0.571. The summed E-state index contributed by atoms with van der Waals surface area (Å²) in [6.45, 7) is 7.33. The van der Waals surface area contributed by atoms with Crippen LogP contribution in [0.25, 0.3) is 0 Å². The first-order valence-corrected chi connectivity index (χ1v) is 5.82. The summed E-state index contributed by atoms with van der Waals surface area (Å²) in [5.41, 5.74) is 2.28. The van der Waals surface area contributed by atoms with Crippen LogP contribution < -0.4 is 0 Å². The number of hydrogen-bond acceptors (Lipinski definition) is 0. The average Bonchev–Trinajstić information content (AvgIpc) is 2.19. The maximum absolute atomic E-state index is 12.8. The molecular formula is C14H21F. The van der Waals surface area contributed by atoms with E-state index in [1.54, 1.807) is 6.08 Å². The van der Waals surface area contributed by atoms with Gasteiger partial charge in [0.05, 0.1) is 5.83 Å². The summed E-state index contributed by atoms with van der Waals surface area (Å²) >= 11 is 0. The Kier molecular flexibility index (Phi) is 4.80. The highest BCUT2D eigenvalue weighted by molar-refractivity contribution is 5.33. The van der Waals surface area contributed by atoms with Gasteiger partial charge in [0.15, 0.2) is 0 Å². The molecule has 0 aliphatic heterocycles. The van der Waals surface area contributed by atoms with Crippen LogP contribution in [0, 0.1) is 5.92 Å². The summed E-state index contributed by atoms with van der Waals surface area (Å²) in [5.74, 6) is 0.481. The number of hydrogen-bond donors (Lipinski definition) is 0. The molecule has 15 heavy (non-hydrogen) atoms. The van der Waals surface area contributed by atoms with Crippen molar-refractivity contribution in [1.82, 2.24) is 0 Å². The van der Waals surface area contributed by atoms with Crippen LogP contribution in [-0.2, 0) is 0 Å². The van der Waals surface area contributed by atoms with Crippen molar-refractivity contribution in [2.24, 2.45) is 5.92 Å². The van der Waals surface area contributed by atoms with E-state index in [1.165, 1.54) is 44.6 Å². The van der Waals surface area contributed by atoms with Crippen LogP contribution in [-0.4, -0.2) is 0 Å². The molecular weight excluding hydrogens is 187 g/mol. The first-order valence-electron chi connectivity index (χ1n) is 5.82. The Balaban J connectivity index is 2.84. The number of halogens is 1. The zero-order valence-corrected chi connectivity index (χ0v) is 9.85. The SMILES string of the molecule is C=C/C(=C(C)/C=C(\C)F)C1CCCCC1. The molecule has 0 heterocycles. The average molecular weight is 208 g/mol. The third kappa shape index (κ3) is 3.65. The summed E-state index contributed by atoms with van der Waals surface area (Å²) in [4.78, 5) is 0. The van der Waals surface area contributed by atoms with Gasteiger partial charge in [-0.3, -0.25) is 0 Å². The smallest absolute Gasteiger partial charge is 0.0971 e. The molecule has 1 aliphatic carbocycles. The van der Waals surface area contributed by atoms with Gasteiger partial charge in [-0.05, 0) is 49.8 Å². The fourth-order valence-corrected chi connectivity index (χ4v) is 2.44. The van der Waals surface area contributed by atoms with Crippen molar-refractivity contribution in [2.45, 2.75) is 46.0 Å². The van der Waals surface area contributed by atoms with E-state index in [9.17, 15) is 4.39 Å². The molecule has 1 rings (SSSR count). The van der Waals surface area contributed by atoms with Crippen LogP contribution >= 0.6 is 0 Å². The van der Waals surface area contributed by atoms with Crippen LogP contribution in [0.15, 0.2) is 35.7 Å². The van der Waals surface area contributed by atoms with E-state index >= 15 is 0 Å². The molecule has 1 heteroatoms. The molecule has 1 aliphatic rings. The molecule has 1 saturated carbocycles. The van der Waals surface area contributed by atoms with Gasteiger partial charge in [-0.25, -0.2) is 4.39 Å². The Morgan fingerprint density at radius 2 is 1.80 bits per heavy atom. The summed E-state index contributed by atoms with van der Waals surface area (Å²) < 4.78 is 12.8. The molecule has 84 valence electrons. The Labute approximate surface area is 92.6 Å². The van der Waals surface area contributed by atoms with Gasteiger partial charge in [0.1, 0.15) is 0 Å². The molecule has 0 aromatic heterocycles. The van der Waals surface area contributed by atoms with E-state index in [1.807, 2.05) is 13.0 Å². The summed E-state index contributed by atoms with van der Waals surface area (Å²) in [6.07, 6.45) is 9.94. The highest BCUT2D eigenvalue weighted by Crippen LogP contribution is 2.32. The zero-order valence-electron chi connectivity index (χ0n) is 9.85.